The van der Waals surface area contributed by atoms with Gasteiger partial charge in [-0.05, 0) is 19.1 Å². The lowest BCUT2D eigenvalue weighted by atomic mass is 10.1. The lowest BCUT2D eigenvalue weighted by Gasteiger charge is -2.16. The summed E-state index contributed by atoms with van der Waals surface area (Å²) < 4.78 is 5.63. The van der Waals surface area contributed by atoms with Gasteiger partial charge in [0, 0.05) is 17.0 Å². The van der Waals surface area contributed by atoms with Crippen LogP contribution in [0.5, 0.6) is 5.75 Å². The molecule has 3 rings (SSSR count). The molecule has 0 bridgehead atoms. The number of hydrogen-bond donors (Lipinski definition) is 1. The highest BCUT2D eigenvalue weighted by atomic mass is 35.5. The average molecular weight is 327 g/mol. The number of rotatable bonds is 4. The zero-order valence-corrected chi connectivity index (χ0v) is 13.2. The number of ether oxygens (including phenoxy) is 1. The van der Waals surface area contributed by atoms with Crippen molar-refractivity contribution in [3.63, 3.8) is 0 Å². The van der Waals surface area contributed by atoms with Crippen LogP contribution in [0.2, 0.25) is 5.02 Å². The van der Waals surface area contributed by atoms with E-state index in [1.54, 1.807) is 37.5 Å². The van der Waals surface area contributed by atoms with Crippen molar-refractivity contribution in [1.29, 1.82) is 0 Å². The summed E-state index contributed by atoms with van der Waals surface area (Å²) in [5.74, 6) is 0.218. The fourth-order valence-electron chi connectivity index (χ4n) is 2.23. The van der Waals surface area contributed by atoms with Crippen LogP contribution in [-0.4, -0.2) is 17.0 Å². The first-order valence-corrected chi connectivity index (χ1v) is 7.58. The van der Waals surface area contributed by atoms with Gasteiger partial charge in [-0.2, -0.15) is 0 Å². The first-order valence-electron chi connectivity index (χ1n) is 7.20. The summed E-state index contributed by atoms with van der Waals surface area (Å²) in [6, 6.07) is 14.8. The van der Waals surface area contributed by atoms with Gasteiger partial charge in [0.1, 0.15) is 5.75 Å². The van der Waals surface area contributed by atoms with E-state index in [9.17, 15) is 4.79 Å². The minimum Gasteiger partial charge on any atom is -0.479 e. The highest BCUT2D eigenvalue weighted by Gasteiger charge is 2.17. The van der Waals surface area contributed by atoms with Crippen molar-refractivity contribution in [2.75, 3.05) is 5.32 Å². The largest absolute Gasteiger partial charge is 0.479 e. The molecule has 1 aromatic heterocycles. The van der Waals surface area contributed by atoms with Crippen molar-refractivity contribution < 1.29 is 9.53 Å². The van der Waals surface area contributed by atoms with Crippen molar-refractivity contribution in [3.8, 4) is 5.75 Å². The molecule has 1 N–H and O–H groups in total. The average Bonchev–Trinajstić information content (AvgIpc) is 2.57. The van der Waals surface area contributed by atoms with E-state index in [0.29, 0.717) is 16.5 Å². The quantitative estimate of drug-likeness (QED) is 0.778. The zero-order chi connectivity index (χ0) is 16.2. The molecule has 2 aromatic carbocycles. The second kappa shape index (κ2) is 6.67. The molecule has 0 aliphatic rings. The van der Waals surface area contributed by atoms with Crippen LogP contribution < -0.4 is 10.1 Å². The molecule has 0 saturated heterocycles. The summed E-state index contributed by atoms with van der Waals surface area (Å²) in [4.78, 5) is 16.5. The van der Waals surface area contributed by atoms with Crippen LogP contribution in [0.4, 0.5) is 5.69 Å². The molecule has 0 aliphatic heterocycles. The van der Waals surface area contributed by atoms with Gasteiger partial charge >= 0.3 is 0 Å². The third kappa shape index (κ3) is 3.43. The molecule has 0 radical (unpaired) electrons. The first-order chi connectivity index (χ1) is 11.1. The van der Waals surface area contributed by atoms with Gasteiger partial charge in [0.2, 0.25) is 0 Å². The van der Waals surface area contributed by atoms with Gasteiger partial charge in [-0.1, -0.05) is 48.0 Å². The molecule has 3 aromatic rings. The second-order valence-corrected chi connectivity index (χ2v) is 5.50. The van der Waals surface area contributed by atoms with E-state index in [2.05, 4.69) is 10.3 Å². The highest BCUT2D eigenvalue weighted by molar-refractivity contribution is 6.32. The third-order valence-electron chi connectivity index (χ3n) is 3.44. The Balaban J connectivity index is 1.77. The van der Waals surface area contributed by atoms with Crippen LogP contribution in [0.1, 0.15) is 6.92 Å². The summed E-state index contributed by atoms with van der Waals surface area (Å²) >= 11 is 6.04. The molecule has 1 heterocycles. The van der Waals surface area contributed by atoms with E-state index in [-0.39, 0.29) is 5.91 Å². The summed E-state index contributed by atoms with van der Waals surface area (Å²) in [5.41, 5.74) is 0.655. The van der Waals surface area contributed by atoms with Crippen LogP contribution >= 0.6 is 11.6 Å². The van der Waals surface area contributed by atoms with Crippen LogP contribution in [0, 0.1) is 0 Å². The number of hydrogen-bond acceptors (Lipinski definition) is 3. The lowest BCUT2D eigenvalue weighted by Crippen LogP contribution is -2.30. The normalized spacial score (nSPS) is 11.9. The van der Waals surface area contributed by atoms with Gasteiger partial charge in [-0.15, -0.1) is 0 Å². The molecule has 0 fully saturated rings. The zero-order valence-electron chi connectivity index (χ0n) is 12.5. The second-order valence-electron chi connectivity index (χ2n) is 5.09. The molecule has 0 saturated carbocycles. The smallest absolute Gasteiger partial charge is 0.265 e. The minimum atomic E-state index is -0.686. The Hall–Kier alpha value is -2.59. The maximum absolute atomic E-state index is 12.4. The predicted molar refractivity (Wildman–Crippen MR) is 91.9 cm³/mol. The predicted octanol–water partition coefficient (Wildman–Crippen LogP) is 4.29. The van der Waals surface area contributed by atoms with Crippen LogP contribution in [0.3, 0.4) is 0 Å². The number of pyridine rings is 1. The number of anilines is 1. The summed E-state index contributed by atoms with van der Waals surface area (Å²) in [6.45, 7) is 1.68. The Kier molecular flexibility index (Phi) is 4.44. The Labute approximate surface area is 139 Å². The number of amides is 1. The fraction of sp³-hybridized carbons (Fsp3) is 0.111. The van der Waals surface area contributed by atoms with Crippen molar-refractivity contribution in [2.24, 2.45) is 0 Å². The maximum atomic E-state index is 12.4. The molecule has 116 valence electrons. The van der Waals surface area contributed by atoms with E-state index in [1.807, 2.05) is 30.3 Å². The van der Waals surface area contributed by atoms with Crippen LogP contribution in [0.15, 0.2) is 60.9 Å². The summed E-state index contributed by atoms with van der Waals surface area (Å²) in [7, 11) is 0. The number of carbonyl (C=O) groups is 1. The van der Waals surface area contributed by atoms with E-state index >= 15 is 0 Å². The van der Waals surface area contributed by atoms with Crippen LogP contribution in [0.25, 0.3) is 10.8 Å². The number of aromatic nitrogens is 1. The van der Waals surface area contributed by atoms with E-state index < -0.39 is 6.10 Å². The topological polar surface area (TPSA) is 51.2 Å². The molecule has 23 heavy (non-hydrogen) atoms. The minimum absolute atomic E-state index is 0.261. The third-order valence-corrected chi connectivity index (χ3v) is 3.75. The van der Waals surface area contributed by atoms with E-state index in [4.69, 9.17) is 16.3 Å². The SMILES string of the molecule is CC(Oc1ccccc1Cl)C(=O)Nc1cncc2ccccc12. The number of nitrogens with zero attached hydrogens (tertiary/aromatic N) is 1. The molecule has 1 amide bonds. The van der Waals surface area contributed by atoms with Gasteiger partial charge < -0.3 is 10.1 Å². The Morgan fingerprint density at radius 2 is 1.87 bits per heavy atom. The molecule has 1 atom stereocenters. The molecular weight excluding hydrogens is 312 g/mol. The highest BCUT2D eigenvalue weighted by Crippen LogP contribution is 2.25. The molecule has 1 unspecified atom stereocenters. The monoisotopic (exact) mass is 326 g/mol. The molecular formula is C18H15ClN2O2. The van der Waals surface area contributed by atoms with Crippen LogP contribution in [-0.2, 0) is 4.79 Å². The fourth-order valence-corrected chi connectivity index (χ4v) is 2.42. The van der Waals surface area contributed by atoms with Gasteiger partial charge in [0.25, 0.3) is 5.91 Å². The van der Waals surface area contributed by atoms with Gasteiger partial charge in [0.15, 0.2) is 6.10 Å². The number of fused-ring (bicyclic) bond motifs is 1. The number of halogens is 1. The lowest BCUT2D eigenvalue weighted by molar-refractivity contribution is -0.122. The first kappa shape index (κ1) is 15.3. The van der Waals surface area contributed by atoms with Crippen molar-refractivity contribution >= 4 is 34.0 Å². The summed E-state index contributed by atoms with van der Waals surface area (Å²) in [5, 5.41) is 5.22. The van der Waals surface area contributed by atoms with Gasteiger partial charge in [0.05, 0.1) is 16.9 Å². The number of para-hydroxylation sites is 1. The molecule has 5 heteroatoms. The van der Waals surface area contributed by atoms with Crippen molar-refractivity contribution in [2.45, 2.75) is 13.0 Å². The number of carbonyl (C=O) groups excluding carboxylic acids is 1. The van der Waals surface area contributed by atoms with E-state index in [0.717, 1.165) is 10.8 Å². The molecule has 4 nitrogen and oxygen atoms in total. The van der Waals surface area contributed by atoms with Crippen molar-refractivity contribution in [1.82, 2.24) is 4.98 Å². The Bertz CT molecular complexity index is 846. The molecule has 0 aliphatic carbocycles. The Morgan fingerprint density at radius 3 is 2.70 bits per heavy atom. The van der Waals surface area contributed by atoms with Gasteiger partial charge in [-0.25, -0.2) is 0 Å². The molecule has 0 spiro atoms. The van der Waals surface area contributed by atoms with E-state index in [1.165, 1.54) is 0 Å². The summed E-state index contributed by atoms with van der Waals surface area (Å²) in [6.07, 6.45) is 2.70. The Morgan fingerprint density at radius 1 is 1.13 bits per heavy atom. The maximum Gasteiger partial charge on any atom is 0.265 e. The van der Waals surface area contributed by atoms with Crippen molar-refractivity contribution in [3.05, 3.63) is 65.9 Å². The van der Waals surface area contributed by atoms with Gasteiger partial charge in [-0.3, -0.25) is 9.78 Å². The number of nitrogens with one attached hydrogen (secondary N) is 1. The number of benzene rings is 2. The standard InChI is InChI=1S/C18H15ClN2O2/c1-12(23-17-9-5-4-8-15(17)19)18(22)21-16-11-20-10-13-6-2-3-7-14(13)16/h2-12H,1H3,(H,21,22).